The number of hydrogen-bond acceptors (Lipinski definition) is 5. The zero-order valence-corrected chi connectivity index (χ0v) is 14.7. The molecule has 0 saturated carbocycles. The molecule has 0 unspecified atom stereocenters. The number of anilines is 2. The lowest BCUT2D eigenvalue weighted by Crippen LogP contribution is -2.22. The minimum atomic E-state index is -3.92. The molecule has 0 aromatic heterocycles. The number of rotatable bonds is 5. The first-order valence-electron chi connectivity index (χ1n) is 7.24. The normalized spacial score (nSPS) is 11.0. The molecule has 0 atom stereocenters. The molecule has 8 nitrogen and oxygen atoms in total. The van der Waals surface area contributed by atoms with E-state index in [1.54, 1.807) is 14.0 Å². The highest BCUT2D eigenvalue weighted by atomic mass is 32.2. The van der Waals surface area contributed by atoms with E-state index < -0.39 is 14.9 Å². The van der Waals surface area contributed by atoms with Gasteiger partial charge in [-0.1, -0.05) is 6.07 Å². The number of nitro groups is 1. The lowest BCUT2D eigenvalue weighted by atomic mass is 10.2. The van der Waals surface area contributed by atoms with Crippen molar-refractivity contribution in [2.75, 3.05) is 16.7 Å². The molecule has 1 amide bonds. The molecule has 1 N–H and O–H groups in total. The van der Waals surface area contributed by atoms with Crippen molar-refractivity contribution in [3.05, 3.63) is 58.1 Å². The monoisotopic (exact) mass is 363 g/mol. The third-order valence-electron chi connectivity index (χ3n) is 3.68. The quantitative estimate of drug-likeness (QED) is 0.649. The number of benzene rings is 2. The molecule has 0 aliphatic heterocycles. The number of carbonyl (C=O) groups is 1. The fourth-order valence-electron chi connectivity index (χ4n) is 2.07. The van der Waals surface area contributed by atoms with E-state index in [9.17, 15) is 23.3 Å². The van der Waals surface area contributed by atoms with E-state index in [2.05, 4.69) is 4.72 Å². The van der Waals surface area contributed by atoms with Gasteiger partial charge in [0.25, 0.3) is 15.7 Å². The van der Waals surface area contributed by atoms with Gasteiger partial charge in [0, 0.05) is 31.8 Å². The Morgan fingerprint density at radius 3 is 2.28 bits per heavy atom. The maximum atomic E-state index is 12.5. The fraction of sp³-hybridized carbons (Fsp3) is 0.188. The molecule has 0 radical (unpaired) electrons. The molecular weight excluding hydrogens is 346 g/mol. The van der Waals surface area contributed by atoms with Crippen molar-refractivity contribution in [3.63, 3.8) is 0 Å². The second-order valence-electron chi connectivity index (χ2n) is 5.43. The Morgan fingerprint density at radius 1 is 1.16 bits per heavy atom. The van der Waals surface area contributed by atoms with Crippen molar-refractivity contribution in [2.24, 2.45) is 0 Å². The molecule has 25 heavy (non-hydrogen) atoms. The van der Waals surface area contributed by atoms with E-state index in [1.807, 2.05) is 0 Å². The highest BCUT2D eigenvalue weighted by Gasteiger charge is 2.18. The number of aryl methyl sites for hydroxylation is 1. The average Bonchev–Trinajstić information content (AvgIpc) is 2.55. The van der Waals surface area contributed by atoms with Crippen LogP contribution in [0.2, 0.25) is 0 Å². The van der Waals surface area contributed by atoms with E-state index in [0.717, 1.165) is 0 Å². The molecule has 132 valence electrons. The van der Waals surface area contributed by atoms with Crippen LogP contribution in [0.5, 0.6) is 0 Å². The number of amides is 1. The Labute approximate surface area is 145 Å². The molecule has 2 aromatic carbocycles. The molecule has 0 saturated heterocycles. The summed E-state index contributed by atoms with van der Waals surface area (Å²) in [6.07, 6.45) is 0. The molecule has 2 aromatic rings. The van der Waals surface area contributed by atoms with Gasteiger partial charge in [0.05, 0.1) is 15.5 Å². The minimum Gasteiger partial charge on any atom is -0.316 e. The van der Waals surface area contributed by atoms with Crippen molar-refractivity contribution in [1.29, 1.82) is 0 Å². The third kappa shape index (κ3) is 4.13. The highest BCUT2D eigenvalue weighted by Crippen LogP contribution is 2.25. The van der Waals surface area contributed by atoms with Crippen molar-refractivity contribution >= 4 is 33.0 Å². The van der Waals surface area contributed by atoms with Gasteiger partial charge in [0.15, 0.2) is 0 Å². The van der Waals surface area contributed by atoms with Crippen LogP contribution in [0.4, 0.5) is 17.1 Å². The van der Waals surface area contributed by atoms with Crippen LogP contribution in [-0.2, 0) is 14.8 Å². The molecule has 0 fully saturated rings. The Hall–Kier alpha value is -2.94. The number of carbonyl (C=O) groups excluding carboxylic acids is 1. The smallest absolute Gasteiger partial charge is 0.271 e. The summed E-state index contributed by atoms with van der Waals surface area (Å²) in [6.45, 7) is 3.05. The van der Waals surface area contributed by atoms with Crippen LogP contribution in [0.3, 0.4) is 0 Å². The number of nitrogens with one attached hydrogen (secondary N) is 1. The standard InChI is InChI=1S/C16H17N3O5S/c1-11-4-5-14(19(21)22)10-16(11)17-25(23,24)15-8-6-13(7-9-15)18(3)12(2)20/h4-10,17H,1-3H3. The van der Waals surface area contributed by atoms with E-state index in [-0.39, 0.29) is 22.2 Å². The molecule has 0 aliphatic rings. The second-order valence-corrected chi connectivity index (χ2v) is 7.12. The summed E-state index contributed by atoms with van der Waals surface area (Å²) in [5.41, 5.74) is 1.04. The van der Waals surface area contributed by atoms with Crippen molar-refractivity contribution in [1.82, 2.24) is 0 Å². The van der Waals surface area contributed by atoms with E-state index in [4.69, 9.17) is 0 Å². The highest BCUT2D eigenvalue weighted by molar-refractivity contribution is 7.92. The number of sulfonamides is 1. The molecule has 0 bridgehead atoms. The van der Waals surface area contributed by atoms with Crippen LogP contribution < -0.4 is 9.62 Å². The third-order valence-corrected chi connectivity index (χ3v) is 5.06. The van der Waals surface area contributed by atoms with E-state index in [1.165, 1.54) is 54.3 Å². The van der Waals surface area contributed by atoms with Crippen molar-refractivity contribution in [2.45, 2.75) is 18.7 Å². The molecule has 0 spiro atoms. The first-order valence-corrected chi connectivity index (χ1v) is 8.72. The van der Waals surface area contributed by atoms with Crippen LogP contribution in [0.15, 0.2) is 47.4 Å². The zero-order chi connectivity index (χ0) is 18.8. The van der Waals surface area contributed by atoms with Crippen LogP contribution in [0.1, 0.15) is 12.5 Å². The van der Waals surface area contributed by atoms with Gasteiger partial charge in [0.2, 0.25) is 5.91 Å². The van der Waals surface area contributed by atoms with Gasteiger partial charge < -0.3 is 4.90 Å². The summed E-state index contributed by atoms with van der Waals surface area (Å²) in [6, 6.07) is 9.70. The predicted molar refractivity (Wildman–Crippen MR) is 94.2 cm³/mol. The average molecular weight is 363 g/mol. The van der Waals surface area contributed by atoms with E-state index >= 15 is 0 Å². The lowest BCUT2D eigenvalue weighted by molar-refractivity contribution is -0.384. The van der Waals surface area contributed by atoms with Gasteiger partial charge in [-0.3, -0.25) is 19.6 Å². The number of hydrogen-bond donors (Lipinski definition) is 1. The number of nitro benzene ring substituents is 1. The van der Waals surface area contributed by atoms with Crippen LogP contribution in [-0.4, -0.2) is 26.3 Å². The second kappa shape index (κ2) is 6.89. The topological polar surface area (TPSA) is 110 Å². The van der Waals surface area contributed by atoms with Gasteiger partial charge in [-0.15, -0.1) is 0 Å². The summed E-state index contributed by atoms with van der Waals surface area (Å²) in [5, 5.41) is 10.9. The largest absolute Gasteiger partial charge is 0.316 e. The summed E-state index contributed by atoms with van der Waals surface area (Å²) in [7, 11) is -2.34. The lowest BCUT2D eigenvalue weighted by Gasteiger charge is -2.15. The first-order chi connectivity index (χ1) is 11.6. The van der Waals surface area contributed by atoms with Crippen molar-refractivity contribution < 1.29 is 18.1 Å². The van der Waals surface area contributed by atoms with Crippen LogP contribution in [0.25, 0.3) is 0 Å². The van der Waals surface area contributed by atoms with Gasteiger partial charge in [-0.05, 0) is 36.8 Å². The van der Waals surface area contributed by atoms with Gasteiger partial charge >= 0.3 is 0 Å². The Kier molecular flexibility index (Phi) is 5.07. The number of nitrogens with zero attached hydrogens (tertiary/aromatic N) is 2. The van der Waals surface area contributed by atoms with Crippen LogP contribution >= 0.6 is 0 Å². The summed E-state index contributed by atoms with van der Waals surface area (Å²) < 4.78 is 27.3. The maximum absolute atomic E-state index is 12.5. The Morgan fingerprint density at radius 2 is 1.76 bits per heavy atom. The SMILES string of the molecule is CC(=O)N(C)c1ccc(S(=O)(=O)Nc2cc([N+](=O)[O-])ccc2C)cc1. The van der Waals surface area contributed by atoms with Gasteiger partial charge in [-0.2, -0.15) is 0 Å². The molecular formula is C16H17N3O5S. The molecule has 2 rings (SSSR count). The Bertz CT molecular complexity index is 923. The number of non-ortho nitro benzene ring substituents is 1. The minimum absolute atomic E-state index is 0.0147. The van der Waals surface area contributed by atoms with Gasteiger partial charge in [0.1, 0.15) is 0 Å². The maximum Gasteiger partial charge on any atom is 0.271 e. The fourth-order valence-corrected chi connectivity index (χ4v) is 3.19. The summed E-state index contributed by atoms with van der Waals surface area (Å²) >= 11 is 0. The van der Waals surface area contributed by atoms with Crippen molar-refractivity contribution in [3.8, 4) is 0 Å². The predicted octanol–water partition coefficient (Wildman–Crippen LogP) is 2.69. The van der Waals surface area contributed by atoms with E-state index in [0.29, 0.717) is 11.3 Å². The van der Waals surface area contributed by atoms with Gasteiger partial charge in [-0.25, -0.2) is 8.42 Å². The summed E-state index contributed by atoms with van der Waals surface area (Å²) in [5.74, 6) is -0.180. The molecule has 0 aliphatic carbocycles. The Balaban J connectivity index is 2.32. The molecule has 0 heterocycles. The zero-order valence-electron chi connectivity index (χ0n) is 13.9. The first kappa shape index (κ1) is 18.4. The summed E-state index contributed by atoms with van der Waals surface area (Å²) in [4.78, 5) is 23.0. The molecule has 9 heteroatoms. The van der Waals surface area contributed by atoms with Crippen LogP contribution in [0, 0.1) is 17.0 Å².